The molecule has 0 atom stereocenters. The van der Waals surface area contributed by atoms with Crippen LogP contribution in [0.25, 0.3) is 5.03 Å². The Balaban J connectivity index is 1.78. The topological polar surface area (TPSA) is 25.2 Å². The second-order valence-electron chi connectivity index (χ2n) is 8.36. The van der Waals surface area contributed by atoms with E-state index in [-0.39, 0.29) is 0 Å². The summed E-state index contributed by atoms with van der Waals surface area (Å²) >= 11 is 6.32. The first-order valence-corrected chi connectivity index (χ1v) is 11.6. The highest BCUT2D eigenvalue weighted by Crippen LogP contribution is 2.31. The van der Waals surface area contributed by atoms with Gasteiger partial charge < -0.3 is 0 Å². The maximum atomic E-state index is 12.8. The van der Waals surface area contributed by atoms with E-state index < -0.39 is 11.7 Å². The van der Waals surface area contributed by atoms with Crippen molar-refractivity contribution in [1.29, 1.82) is 0 Å². The summed E-state index contributed by atoms with van der Waals surface area (Å²) < 4.78 is 38.3. The summed E-state index contributed by atoms with van der Waals surface area (Å²) in [5.41, 5.74) is 6.91. The Morgan fingerprint density at radius 1 is 1.00 bits per heavy atom. The van der Waals surface area contributed by atoms with Gasteiger partial charge in [-0.15, -0.1) is 0 Å². The summed E-state index contributed by atoms with van der Waals surface area (Å²) in [7, 11) is 0. The van der Waals surface area contributed by atoms with Crippen LogP contribution in [0.1, 0.15) is 59.0 Å². The number of hydrogen-bond donors (Lipinski definition) is 0. The van der Waals surface area contributed by atoms with Crippen LogP contribution in [-0.4, -0.2) is 10.7 Å². The zero-order valence-electron chi connectivity index (χ0n) is 19.6. The highest BCUT2D eigenvalue weighted by Gasteiger charge is 2.29. The molecule has 3 rings (SSSR count). The monoisotopic (exact) mass is 484 g/mol. The number of hydrogen-bond acceptors (Lipinski definition) is 2. The van der Waals surface area contributed by atoms with Crippen LogP contribution in [0, 0.1) is 13.8 Å². The van der Waals surface area contributed by atoms with E-state index in [0.717, 1.165) is 70.0 Å². The summed E-state index contributed by atoms with van der Waals surface area (Å²) in [6.45, 7) is 9.91. The van der Waals surface area contributed by atoms with Crippen molar-refractivity contribution in [2.45, 2.75) is 52.6 Å². The molecule has 0 aliphatic rings. The number of halogens is 4. The van der Waals surface area contributed by atoms with Crippen LogP contribution in [0.4, 0.5) is 18.9 Å². The van der Waals surface area contributed by atoms with E-state index in [1.807, 2.05) is 45.0 Å². The van der Waals surface area contributed by atoms with Crippen LogP contribution >= 0.6 is 11.6 Å². The number of nitrogens with zero attached hydrogens (tertiary/aromatic N) is 2. The molecule has 0 N–H and O–H groups in total. The van der Waals surface area contributed by atoms with Crippen LogP contribution in [0.15, 0.2) is 66.2 Å². The first kappa shape index (κ1) is 25.7. The van der Waals surface area contributed by atoms with Crippen molar-refractivity contribution in [3.8, 4) is 0 Å². The van der Waals surface area contributed by atoms with E-state index in [1.165, 1.54) is 12.1 Å². The van der Waals surface area contributed by atoms with E-state index >= 15 is 0 Å². The molecule has 3 aromatic rings. The van der Waals surface area contributed by atoms with Crippen LogP contribution < -0.4 is 0 Å². The molecule has 0 spiro atoms. The van der Waals surface area contributed by atoms with Crippen LogP contribution in [-0.2, 0) is 19.0 Å². The number of aromatic nitrogens is 1. The molecule has 0 saturated carbocycles. The zero-order valence-corrected chi connectivity index (χ0v) is 20.4. The van der Waals surface area contributed by atoms with Gasteiger partial charge in [0.1, 0.15) is 0 Å². The van der Waals surface area contributed by atoms with E-state index in [2.05, 4.69) is 17.6 Å². The van der Waals surface area contributed by atoms with Gasteiger partial charge in [0.05, 0.1) is 11.3 Å². The average Bonchev–Trinajstić information content (AvgIpc) is 2.78. The maximum Gasteiger partial charge on any atom is 0.416 e. The Labute approximate surface area is 204 Å². The van der Waals surface area contributed by atoms with Gasteiger partial charge in [-0.1, -0.05) is 49.4 Å². The predicted molar refractivity (Wildman–Crippen MR) is 135 cm³/mol. The molecule has 0 amide bonds. The van der Waals surface area contributed by atoms with E-state index in [0.29, 0.717) is 17.9 Å². The van der Waals surface area contributed by atoms with Gasteiger partial charge >= 0.3 is 6.18 Å². The van der Waals surface area contributed by atoms with Crippen molar-refractivity contribution in [3.05, 3.63) is 100 Å². The highest BCUT2D eigenvalue weighted by atomic mass is 35.5. The maximum absolute atomic E-state index is 12.8. The smallest absolute Gasteiger partial charge is 0.258 e. The molecule has 0 aliphatic carbocycles. The van der Waals surface area contributed by atoms with Gasteiger partial charge in [0, 0.05) is 27.7 Å². The Morgan fingerprint density at radius 2 is 1.68 bits per heavy atom. The predicted octanol–water partition coefficient (Wildman–Crippen LogP) is 8.63. The number of benzene rings is 2. The highest BCUT2D eigenvalue weighted by molar-refractivity contribution is 6.48. The second kappa shape index (κ2) is 11.0. The fourth-order valence-corrected chi connectivity index (χ4v) is 3.91. The number of alkyl halides is 3. The lowest BCUT2D eigenvalue weighted by Gasteiger charge is -2.12. The molecule has 0 aliphatic heterocycles. The van der Waals surface area contributed by atoms with Gasteiger partial charge in [-0.25, -0.2) is 0 Å². The third-order valence-corrected chi connectivity index (χ3v) is 5.96. The molecule has 0 bridgehead atoms. The van der Waals surface area contributed by atoms with Crippen LogP contribution in [0.2, 0.25) is 0 Å². The molecule has 0 radical (unpaired) electrons. The summed E-state index contributed by atoms with van der Waals surface area (Å²) in [5.74, 6) is 0. The molecule has 2 aromatic carbocycles. The standard InChI is InChI=1S/C28H28ClF3N2/c1-5-25(14-9-21-7-12-24(13-8-21)28(30,31)32)34-27-15-10-22(17-26(27)19(3)29)16-23-11-6-18(2)33-20(23)4/h6-8,10-13,15,17H,3,5,9,14,16H2,1-2,4H3. The number of aryl methyl sites for hydroxylation is 3. The summed E-state index contributed by atoms with van der Waals surface area (Å²) in [6.07, 6.45) is -1.61. The van der Waals surface area contributed by atoms with Crippen molar-refractivity contribution in [2.75, 3.05) is 0 Å². The number of pyridine rings is 1. The van der Waals surface area contributed by atoms with E-state index in [9.17, 15) is 13.2 Å². The third-order valence-electron chi connectivity index (χ3n) is 5.75. The summed E-state index contributed by atoms with van der Waals surface area (Å²) in [4.78, 5) is 9.36. The first-order chi connectivity index (χ1) is 16.1. The molecule has 2 nitrogen and oxygen atoms in total. The molecule has 0 saturated heterocycles. The molecule has 6 heteroatoms. The minimum absolute atomic E-state index is 0.414. The second-order valence-corrected chi connectivity index (χ2v) is 8.81. The Bertz CT molecular complexity index is 1200. The lowest BCUT2D eigenvalue weighted by Crippen LogP contribution is -2.05. The Morgan fingerprint density at radius 3 is 2.26 bits per heavy atom. The molecule has 178 valence electrons. The van der Waals surface area contributed by atoms with Crippen LogP contribution in [0.5, 0.6) is 0 Å². The SMILES string of the molecule is C=C(Cl)c1cc(Cc2ccc(C)nc2C)ccc1N=C(CC)CCc1ccc(C(F)(F)F)cc1. The molecule has 1 heterocycles. The van der Waals surface area contributed by atoms with E-state index in [4.69, 9.17) is 16.6 Å². The van der Waals surface area contributed by atoms with Crippen molar-refractivity contribution >= 4 is 28.0 Å². The lowest BCUT2D eigenvalue weighted by atomic mass is 10.00. The lowest BCUT2D eigenvalue weighted by molar-refractivity contribution is -0.137. The fourth-order valence-electron chi connectivity index (χ4n) is 3.76. The van der Waals surface area contributed by atoms with Crippen molar-refractivity contribution in [2.24, 2.45) is 4.99 Å². The quantitative estimate of drug-likeness (QED) is 0.294. The first-order valence-electron chi connectivity index (χ1n) is 11.2. The van der Waals surface area contributed by atoms with Gasteiger partial charge in [-0.05, 0) is 86.6 Å². The molecular formula is C28H28ClF3N2. The molecule has 0 fully saturated rings. The van der Waals surface area contributed by atoms with Crippen molar-refractivity contribution in [1.82, 2.24) is 4.98 Å². The summed E-state index contributed by atoms with van der Waals surface area (Å²) in [5, 5.41) is 0.414. The van der Waals surface area contributed by atoms with Crippen LogP contribution in [0.3, 0.4) is 0 Å². The largest absolute Gasteiger partial charge is 0.416 e. The van der Waals surface area contributed by atoms with Gasteiger partial charge in [0.15, 0.2) is 0 Å². The average molecular weight is 485 g/mol. The van der Waals surface area contributed by atoms with Gasteiger partial charge in [-0.2, -0.15) is 13.2 Å². The normalized spacial score (nSPS) is 12.1. The molecule has 34 heavy (non-hydrogen) atoms. The number of rotatable bonds is 8. The third kappa shape index (κ3) is 6.80. The van der Waals surface area contributed by atoms with Gasteiger partial charge in [-0.3, -0.25) is 9.98 Å². The van der Waals surface area contributed by atoms with Crippen molar-refractivity contribution < 1.29 is 13.2 Å². The van der Waals surface area contributed by atoms with E-state index in [1.54, 1.807) is 0 Å². The fraction of sp³-hybridized carbons (Fsp3) is 0.286. The zero-order chi connectivity index (χ0) is 24.9. The van der Waals surface area contributed by atoms with Crippen molar-refractivity contribution in [3.63, 3.8) is 0 Å². The molecule has 1 aromatic heterocycles. The molecular weight excluding hydrogens is 457 g/mol. The summed E-state index contributed by atoms with van der Waals surface area (Å²) in [6, 6.07) is 15.4. The number of aliphatic imine (C=N–C) groups is 1. The van der Waals surface area contributed by atoms with Gasteiger partial charge in [0.25, 0.3) is 0 Å². The Hall–Kier alpha value is -2.92. The minimum atomic E-state index is -4.32. The minimum Gasteiger partial charge on any atom is -0.258 e. The van der Waals surface area contributed by atoms with Gasteiger partial charge in [0.2, 0.25) is 0 Å². The Kier molecular flexibility index (Phi) is 8.32. The molecule has 0 unspecified atom stereocenters.